The van der Waals surface area contributed by atoms with Crippen molar-refractivity contribution in [3.8, 4) is 17.3 Å². The number of hydrogen-bond donors (Lipinski definition) is 0. The zero-order valence-corrected chi connectivity index (χ0v) is 9.43. The molecule has 19 heavy (non-hydrogen) atoms. The van der Waals surface area contributed by atoms with Crippen LogP contribution < -0.4 is 4.74 Å². The van der Waals surface area contributed by atoms with E-state index in [0.29, 0.717) is 5.89 Å². The molecule has 0 spiro atoms. The van der Waals surface area contributed by atoms with E-state index in [2.05, 4.69) is 19.9 Å². The smallest absolute Gasteiger partial charge is 0.418 e. The number of alkyl halides is 3. The standard InChI is InChI=1S/C10H6F3N3O3/c1-5-15-8(16-19-5)7-3-2-6(4-14-7)18-9(17)10(11,12)13/h2-4H,1H3. The fourth-order valence-corrected chi connectivity index (χ4v) is 1.14. The summed E-state index contributed by atoms with van der Waals surface area (Å²) in [6.07, 6.45) is -4.09. The van der Waals surface area contributed by atoms with Crippen LogP contribution in [0, 0.1) is 6.92 Å². The molecule has 0 saturated carbocycles. The number of aromatic nitrogens is 3. The number of nitrogens with zero attached hydrogens (tertiary/aromatic N) is 3. The maximum absolute atomic E-state index is 12.0. The molecule has 0 aromatic carbocycles. The minimum absolute atomic E-state index is 0.186. The quantitative estimate of drug-likeness (QED) is 0.778. The lowest BCUT2D eigenvalue weighted by atomic mass is 10.3. The van der Waals surface area contributed by atoms with E-state index in [1.807, 2.05) is 0 Å². The minimum atomic E-state index is -5.05. The second kappa shape index (κ2) is 4.67. The van der Waals surface area contributed by atoms with Crippen LogP contribution in [0.5, 0.6) is 5.75 Å². The highest BCUT2D eigenvalue weighted by atomic mass is 19.4. The molecular formula is C10H6F3N3O3. The van der Waals surface area contributed by atoms with Gasteiger partial charge in [-0.3, -0.25) is 0 Å². The zero-order valence-electron chi connectivity index (χ0n) is 9.43. The molecule has 6 nitrogen and oxygen atoms in total. The second-order valence-electron chi connectivity index (χ2n) is 3.40. The topological polar surface area (TPSA) is 78.1 Å². The van der Waals surface area contributed by atoms with Gasteiger partial charge in [0.25, 0.3) is 0 Å². The first-order chi connectivity index (χ1) is 8.86. The van der Waals surface area contributed by atoms with Crippen LogP contribution in [-0.4, -0.2) is 27.3 Å². The summed E-state index contributed by atoms with van der Waals surface area (Å²) in [6.45, 7) is 1.58. The van der Waals surface area contributed by atoms with Crippen LogP contribution in [-0.2, 0) is 4.79 Å². The maximum atomic E-state index is 12.0. The van der Waals surface area contributed by atoms with E-state index in [-0.39, 0.29) is 17.3 Å². The van der Waals surface area contributed by atoms with Gasteiger partial charge in [-0.25, -0.2) is 9.78 Å². The third kappa shape index (κ3) is 3.06. The molecule has 0 bridgehead atoms. The summed E-state index contributed by atoms with van der Waals surface area (Å²) in [6, 6.07) is 2.46. The predicted octanol–water partition coefficient (Wildman–Crippen LogP) is 1.91. The Labute approximate surface area is 104 Å². The van der Waals surface area contributed by atoms with Crippen molar-refractivity contribution in [3.05, 3.63) is 24.2 Å². The lowest BCUT2D eigenvalue weighted by Gasteiger charge is -2.06. The third-order valence-corrected chi connectivity index (χ3v) is 1.94. The number of esters is 1. The van der Waals surface area contributed by atoms with E-state index in [1.54, 1.807) is 6.92 Å². The molecule has 9 heteroatoms. The van der Waals surface area contributed by atoms with Crippen LogP contribution in [0.3, 0.4) is 0 Å². The Morgan fingerprint density at radius 1 is 1.37 bits per heavy atom. The predicted molar refractivity (Wildman–Crippen MR) is 54.0 cm³/mol. The Kier molecular flexibility index (Phi) is 3.19. The molecule has 0 atom stereocenters. The molecular weight excluding hydrogens is 267 g/mol. The van der Waals surface area contributed by atoms with E-state index in [9.17, 15) is 18.0 Å². The first kappa shape index (κ1) is 13.0. The van der Waals surface area contributed by atoms with E-state index in [0.717, 1.165) is 12.3 Å². The van der Waals surface area contributed by atoms with Gasteiger partial charge in [-0.15, -0.1) is 0 Å². The first-order valence-corrected chi connectivity index (χ1v) is 4.92. The van der Waals surface area contributed by atoms with E-state index in [4.69, 9.17) is 4.52 Å². The Balaban J connectivity index is 2.13. The Hall–Kier alpha value is -2.45. The summed E-state index contributed by atoms with van der Waals surface area (Å²) in [5.41, 5.74) is 0.281. The molecule has 0 saturated heterocycles. The number of aryl methyl sites for hydroxylation is 1. The summed E-state index contributed by atoms with van der Waals surface area (Å²) in [5.74, 6) is -2.13. The van der Waals surface area contributed by atoms with E-state index >= 15 is 0 Å². The molecule has 0 aliphatic heterocycles. The van der Waals surface area contributed by atoms with Gasteiger partial charge in [0.2, 0.25) is 11.7 Å². The summed E-state index contributed by atoms with van der Waals surface area (Å²) in [7, 11) is 0. The van der Waals surface area contributed by atoms with Gasteiger partial charge < -0.3 is 9.26 Å². The van der Waals surface area contributed by atoms with Crippen molar-refractivity contribution < 1.29 is 27.2 Å². The van der Waals surface area contributed by atoms with Crippen molar-refractivity contribution in [2.24, 2.45) is 0 Å². The average Bonchev–Trinajstić information content (AvgIpc) is 2.75. The lowest BCUT2D eigenvalue weighted by Crippen LogP contribution is -2.27. The molecule has 0 aliphatic rings. The Morgan fingerprint density at radius 2 is 2.11 bits per heavy atom. The Bertz CT molecular complexity index is 592. The van der Waals surface area contributed by atoms with E-state index in [1.165, 1.54) is 6.07 Å². The highest BCUT2D eigenvalue weighted by Gasteiger charge is 2.41. The van der Waals surface area contributed by atoms with Crippen LogP contribution >= 0.6 is 0 Å². The molecule has 2 aromatic rings. The van der Waals surface area contributed by atoms with Crippen molar-refractivity contribution in [1.29, 1.82) is 0 Å². The van der Waals surface area contributed by atoms with Gasteiger partial charge in [0, 0.05) is 6.92 Å². The van der Waals surface area contributed by atoms with Crippen LogP contribution in [0.25, 0.3) is 11.5 Å². The average molecular weight is 273 g/mol. The summed E-state index contributed by atoms with van der Waals surface area (Å²) in [5, 5.41) is 3.58. The normalized spacial score (nSPS) is 11.4. The van der Waals surface area contributed by atoms with Crippen molar-refractivity contribution in [2.45, 2.75) is 13.1 Å². The molecule has 2 rings (SSSR count). The van der Waals surface area contributed by atoms with Crippen molar-refractivity contribution in [3.63, 3.8) is 0 Å². The van der Waals surface area contributed by atoms with Crippen LogP contribution in [0.4, 0.5) is 13.2 Å². The van der Waals surface area contributed by atoms with Crippen LogP contribution in [0.1, 0.15) is 5.89 Å². The van der Waals surface area contributed by atoms with E-state index < -0.39 is 12.1 Å². The molecule has 2 aromatic heterocycles. The highest BCUT2D eigenvalue weighted by Crippen LogP contribution is 2.21. The first-order valence-electron chi connectivity index (χ1n) is 4.92. The number of halogens is 3. The Morgan fingerprint density at radius 3 is 2.58 bits per heavy atom. The number of ether oxygens (including phenoxy) is 1. The monoisotopic (exact) mass is 273 g/mol. The van der Waals surface area contributed by atoms with Crippen molar-refractivity contribution in [2.75, 3.05) is 0 Å². The van der Waals surface area contributed by atoms with Gasteiger partial charge in [0.15, 0.2) is 0 Å². The number of pyridine rings is 1. The largest absolute Gasteiger partial charge is 0.491 e. The summed E-state index contributed by atoms with van der Waals surface area (Å²) in [4.78, 5) is 18.2. The van der Waals surface area contributed by atoms with Gasteiger partial charge in [0.05, 0.1) is 6.20 Å². The second-order valence-corrected chi connectivity index (χ2v) is 3.40. The van der Waals surface area contributed by atoms with Crippen LogP contribution in [0.2, 0.25) is 0 Å². The fourth-order valence-electron chi connectivity index (χ4n) is 1.14. The SMILES string of the molecule is Cc1nc(-c2ccc(OC(=O)C(F)(F)F)cn2)no1. The van der Waals surface area contributed by atoms with Crippen molar-refractivity contribution in [1.82, 2.24) is 15.1 Å². The highest BCUT2D eigenvalue weighted by molar-refractivity contribution is 5.78. The van der Waals surface area contributed by atoms with Gasteiger partial charge in [0.1, 0.15) is 11.4 Å². The molecule has 0 aliphatic carbocycles. The molecule has 2 heterocycles. The van der Waals surface area contributed by atoms with Gasteiger partial charge >= 0.3 is 12.1 Å². The molecule has 0 amide bonds. The van der Waals surface area contributed by atoms with Gasteiger partial charge in [-0.05, 0) is 12.1 Å². The maximum Gasteiger partial charge on any atom is 0.491 e. The summed E-state index contributed by atoms with van der Waals surface area (Å²) < 4.78 is 44.7. The van der Waals surface area contributed by atoms with Crippen LogP contribution in [0.15, 0.2) is 22.9 Å². The van der Waals surface area contributed by atoms with Gasteiger partial charge in [-0.1, -0.05) is 5.16 Å². The molecule has 0 fully saturated rings. The minimum Gasteiger partial charge on any atom is -0.418 e. The molecule has 0 N–H and O–H groups in total. The number of carbonyl (C=O) groups excluding carboxylic acids is 1. The molecule has 0 unspecified atom stereocenters. The molecule has 100 valence electrons. The fraction of sp³-hybridized carbons (Fsp3) is 0.200. The number of carbonyl (C=O) groups is 1. The number of hydrogen-bond acceptors (Lipinski definition) is 6. The van der Waals surface area contributed by atoms with Gasteiger partial charge in [-0.2, -0.15) is 18.2 Å². The lowest BCUT2D eigenvalue weighted by molar-refractivity contribution is -0.189. The number of rotatable bonds is 2. The zero-order chi connectivity index (χ0) is 14.0. The molecule has 0 radical (unpaired) electrons. The third-order valence-electron chi connectivity index (χ3n) is 1.94. The summed E-state index contributed by atoms with van der Waals surface area (Å²) >= 11 is 0. The van der Waals surface area contributed by atoms with Crippen molar-refractivity contribution >= 4 is 5.97 Å².